The quantitative estimate of drug-likeness (QED) is 0.486. The fourth-order valence-corrected chi connectivity index (χ4v) is 2.32. The third kappa shape index (κ3) is 7.32. The van der Waals surface area contributed by atoms with Crippen LogP contribution < -0.4 is 0 Å². The SMILES string of the molecule is C=CC1=C(/C=C\C)C(C)C(/C=C\CC)=C(C=C)C=C1.CC.CC. The standard InChI is InChI=1S/C19H24.2C2H6/c1-6-10-12-19-15(5)18(11-7-2)16(8-3)13-14-17(19)9-4;2*1-2/h7-15H,3-4,6H2,1-2,5H3;2*1-2H3/b11-7-,12-10-;;. The molecule has 128 valence electrons. The molecule has 1 rings (SSSR count). The zero-order chi connectivity index (χ0) is 18.3. The van der Waals surface area contributed by atoms with E-state index >= 15 is 0 Å². The van der Waals surface area contributed by atoms with Gasteiger partial charge in [0.1, 0.15) is 0 Å². The molecular weight excluding hydrogens is 276 g/mol. The van der Waals surface area contributed by atoms with E-state index < -0.39 is 0 Å². The average molecular weight is 313 g/mol. The highest BCUT2D eigenvalue weighted by molar-refractivity contribution is 5.54. The first-order chi connectivity index (χ1) is 11.2. The van der Waals surface area contributed by atoms with E-state index in [0.717, 1.165) is 6.42 Å². The molecule has 0 aliphatic heterocycles. The second kappa shape index (κ2) is 15.1. The molecule has 0 nitrogen and oxygen atoms in total. The van der Waals surface area contributed by atoms with Crippen LogP contribution in [0.1, 0.15) is 54.9 Å². The molecule has 0 bridgehead atoms. The molecule has 1 aliphatic carbocycles. The highest BCUT2D eigenvalue weighted by atomic mass is 14.2. The number of hydrogen-bond acceptors (Lipinski definition) is 0. The van der Waals surface area contributed by atoms with Gasteiger partial charge in [0, 0.05) is 5.92 Å². The molecule has 0 spiro atoms. The summed E-state index contributed by atoms with van der Waals surface area (Å²) >= 11 is 0. The van der Waals surface area contributed by atoms with Crippen molar-refractivity contribution in [2.24, 2.45) is 5.92 Å². The Morgan fingerprint density at radius 2 is 1.35 bits per heavy atom. The van der Waals surface area contributed by atoms with Crippen molar-refractivity contribution < 1.29 is 0 Å². The van der Waals surface area contributed by atoms with Crippen molar-refractivity contribution in [1.82, 2.24) is 0 Å². The molecule has 1 aliphatic rings. The maximum Gasteiger partial charge on any atom is 0.00726 e. The van der Waals surface area contributed by atoms with Crippen molar-refractivity contribution >= 4 is 0 Å². The first-order valence-corrected chi connectivity index (χ1v) is 8.90. The van der Waals surface area contributed by atoms with Gasteiger partial charge in [-0.05, 0) is 35.6 Å². The molecular formula is C23H36. The maximum absolute atomic E-state index is 3.94. The van der Waals surface area contributed by atoms with Gasteiger partial charge in [-0.15, -0.1) is 0 Å². The van der Waals surface area contributed by atoms with Gasteiger partial charge in [-0.25, -0.2) is 0 Å². The molecule has 0 fully saturated rings. The van der Waals surface area contributed by atoms with Crippen molar-refractivity contribution in [2.45, 2.75) is 54.9 Å². The molecule has 0 aromatic heterocycles. The lowest BCUT2D eigenvalue weighted by atomic mass is 9.87. The molecule has 0 saturated heterocycles. The predicted molar refractivity (Wildman–Crippen MR) is 110 cm³/mol. The van der Waals surface area contributed by atoms with Crippen molar-refractivity contribution in [3.8, 4) is 0 Å². The summed E-state index contributed by atoms with van der Waals surface area (Å²) < 4.78 is 0. The molecule has 0 N–H and O–H groups in total. The Morgan fingerprint density at radius 3 is 1.70 bits per heavy atom. The van der Waals surface area contributed by atoms with Crippen molar-refractivity contribution in [3.63, 3.8) is 0 Å². The summed E-state index contributed by atoms with van der Waals surface area (Å²) in [6.45, 7) is 22.3. The highest BCUT2D eigenvalue weighted by Gasteiger charge is 2.17. The molecule has 1 unspecified atom stereocenters. The molecule has 0 radical (unpaired) electrons. The van der Waals surface area contributed by atoms with Gasteiger partial charge in [-0.1, -0.05) is 103 Å². The Hall–Kier alpha value is -1.82. The second-order valence-electron chi connectivity index (χ2n) is 4.60. The molecule has 23 heavy (non-hydrogen) atoms. The third-order valence-corrected chi connectivity index (χ3v) is 3.36. The molecule has 0 aromatic carbocycles. The molecule has 1 atom stereocenters. The summed E-state index contributed by atoms with van der Waals surface area (Å²) in [7, 11) is 0. The van der Waals surface area contributed by atoms with Crippen molar-refractivity contribution in [2.75, 3.05) is 0 Å². The van der Waals surface area contributed by atoms with Crippen molar-refractivity contribution in [3.05, 3.63) is 84.1 Å². The summed E-state index contributed by atoms with van der Waals surface area (Å²) in [5.74, 6) is 0.343. The van der Waals surface area contributed by atoms with Crippen LogP contribution in [0.5, 0.6) is 0 Å². The fraction of sp³-hybridized carbons (Fsp3) is 0.391. The van der Waals surface area contributed by atoms with Gasteiger partial charge in [0.25, 0.3) is 0 Å². The second-order valence-corrected chi connectivity index (χ2v) is 4.60. The Morgan fingerprint density at radius 1 is 0.913 bits per heavy atom. The largest absolute Gasteiger partial charge is 0.0985 e. The van der Waals surface area contributed by atoms with Crippen LogP contribution in [0.3, 0.4) is 0 Å². The van der Waals surface area contributed by atoms with E-state index in [4.69, 9.17) is 0 Å². The third-order valence-electron chi connectivity index (χ3n) is 3.36. The van der Waals surface area contributed by atoms with E-state index in [2.05, 4.69) is 70.4 Å². The minimum absolute atomic E-state index is 0.343. The van der Waals surface area contributed by atoms with Gasteiger partial charge in [-0.2, -0.15) is 0 Å². The van der Waals surface area contributed by atoms with Gasteiger partial charge in [-0.3, -0.25) is 0 Å². The van der Waals surface area contributed by atoms with Crippen LogP contribution in [-0.2, 0) is 0 Å². The van der Waals surface area contributed by atoms with Gasteiger partial charge >= 0.3 is 0 Å². The Bertz CT molecular complexity index is 490. The van der Waals surface area contributed by atoms with E-state index in [0.29, 0.717) is 5.92 Å². The maximum atomic E-state index is 3.94. The highest BCUT2D eigenvalue weighted by Crippen LogP contribution is 2.32. The summed E-state index contributed by atoms with van der Waals surface area (Å²) in [4.78, 5) is 0. The van der Waals surface area contributed by atoms with Crippen LogP contribution >= 0.6 is 0 Å². The Balaban J connectivity index is 0. The molecule has 0 heteroatoms. The van der Waals surface area contributed by atoms with Crippen LogP contribution in [0, 0.1) is 5.92 Å². The average Bonchev–Trinajstić information content (AvgIpc) is 2.74. The van der Waals surface area contributed by atoms with E-state index in [1.54, 1.807) is 0 Å². The molecule has 0 saturated carbocycles. The van der Waals surface area contributed by atoms with Gasteiger partial charge in [0.15, 0.2) is 0 Å². The lowest BCUT2D eigenvalue weighted by molar-refractivity contribution is 0.838. The van der Waals surface area contributed by atoms with E-state index in [1.165, 1.54) is 22.3 Å². The lowest BCUT2D eigenvalue weighted by Crippen LogP contribution is -2.03. The minimum Gasteiger partial charge on any atom is -0.0985 e. The monoisotopic (exact) mass is 312 g/mol. The van der Waals surface area contributed by atoms with Crippen LogP contribution in [0.15, 0.2) is 84.1 Å². The Kier molecular flexibility index (Phi) is 15.4. The lowest BCUT2D eigenvalue weighted by Gasteiger charge is -2.17. The smallest absolute Gasteiger partial charge is 0.00726 e. The predicted octanol–water partition coefficient (Wildman–Crippen LogP) is 7.75. The van der Waals surface area contributed by atoms with E-state index in [9.17, 15) is 0 Å². The number of rotatable bonds is 5. The normalized spacial score (nSPS) is 17.4. The molecule has 0 aromatic rings. The molecule has 0 amide bonds. The summed E-state index contributed by atoms with van der Waals surface area (Å²) in [5.41, 5.74) is 5.00. The summed E-state index contributed by atoms with van der Waals surface area (Å²) in [6, 6.07) is 0. The van der Waals surface area contributed by atoms with Crippen LogP contribution in [0.25, 0.3) is 0 Å². The van der Waals surface area contributed by atoms with Gasteiger partial charge < -0.3 is 0 Å². The number of allylic oxidation sites excluding steroid dienone is 12. The zero-order valence-corrected chi connectivity index (χ0v) is 16.3. The van der Waals surface area contributed by atoms with Crippen LogP contribution in [0.2, 0.25) is 0 Å². The van der Waals surface area contributed by atoms with E-state index in [-0.39, 0.29) is 0 Å². The molecule has 0 heterocycles. The van der Waals surface area contributed by atoms with Crippen molar-refractivity contribution in [1.29, 1.82) is 0 Å². The summed E-state index contributed by atoms with van der Waals surface area (Å²) in [5, 5.41) is 0. The van der Waals surface area contributed by atoms with Gasteiger partial charge in [0.2, 0.25) is 0 Å². The first-order valence-electron chi connectivity index (χ1n) is 8.90. The minimum atomic E-state index is 0.343. The summed E-state index contributed by atoms with van der Waals surface area (Å²) in [6.07, 6.45) is 17.9. The number of hydrogen-bond donors (Lipinski definition) is 0. The fourth-order valence-electron chi connectivity index (χ4n) is 2.32. The zero-order valence-electron chi connectivity index (χ0n) is 16.3. The van der Waals surface area contributed by atoms with Crippen LogP contribution in [-0.4, -0.2) is 0 Å². The van der Waals surface area contributed by atoms with Crippen LogP contribution in [0.4, 0.5) is 0 Å². The van der Waals surface area contributed by atoms with Gasteiger partial charge in [0.05, 0.1) is 0 Å². The van der Waals surface area contributed by atoms with E-state index in [1.807, 2.05) is 39.8 Å². The first kappa shape index (κ1) is 23.4. The topological polar surface area (TPSA) is 0 Å². The Labute approximate surface area is 145 Å².